The molecule has 1 heterocycles. The van der Waals surface area contributed by atoms with Crippen LogP contribution in [0.3, 0.4) is 0 Å². The molecule has 0 bridgehead atoms. The number of anilines is 1. The molecule has 2 rings (SSSR count). The summed E-state index contributed by atoms with van der Waals surface area (Å²) in [5.41, 5.74) is -0.175. The summed E-state index contributed by atoms with van der Waals surface area (Å²) in [7, 11) is -3.51. The molecule has 0 atom stereocenters. The normalized spacial score (nSPS) is 16.5. The molecule has 1 fully saturated rings. The van der Waals surface area contributed by atoms with E-state index in [9.17, 15) is 22.0 Å². The average molecular weight is 333 g/mol. The molecular formula is C13H17F2N3O3S. The topological polar surface area (TPSA) is 78.5 Å². The van der Waals surface area contributed by atoms with Crippen molar-refractivity contribution in [1.82, 2.24) is 9.62 Å². The fourth-order valence-corrected chi connectivity index (χ4v) is 3.52. The number of nitrogens with zero attached hydrogens (tertiary/aromatic N) is 1. The summed E-state index contributed by atoms with van der Waals surface area (Å²) in [4.78, 5) is 11.7. The molecule has 122 valence electrons. The highest BCUT2D eigenvalue weighted by molar-refractivity contribution is 7.89. The highest BCUT2D eigenvalue weighted by Gasteiger charge is 2.24. The predicted molar refractivity (Wildman–Crippen MR) is 77.8 cm³/mol. The molecule has 9 heteroatoms. The molecule has 0 unspecified atom stereocenters. The minimum atomic E-state index is -3.51. The van der Waals surface area contributed by atoms with Gasteiger partial charge in [0.15, 0.2) is 0 Å². The first kappa shape index (κ1) is 16.8. The van der Waals surface area contributed by atoms with Gasteiger partial charge in [-0.15, -0.1) is 0 Å². The lowest BCUT2D eigenvalue weighted by Gasteiger charge is -2.26. The Morgan fingerprint density at radius 1 is 1.27 bits per heavy atom. The van der Waals surface area contributed by atoms with Crippen LogP contribution in [0.15, 0.2) is 18.2 Å². The standard InChI is InChI=1S/C13H17F2N3O3S/c14-10-1-2-12(11(15)9-10)17-13(19)3-8-22(20,21)18-6-4-16-5-7-18/h1-2,9,16H,3-8H2,(H,17,19). The fraction of sp³-hybridized carbons (Fsp3) is 0.462. The highest BCUT2D eigenvalue weighted by Crippen LogP contribution is 2.15. The van der Waals surface area contributed by atoms with Crippen molar-refractivity contribution in [2.45, 2.75) is 6.42 Å². The summed E-state index contributed by atoms with van der Waals surface area (Å²) in [6, 6.07) is 2.75. The Bertz CT molecular complexity index is 646. The van der Waals surface area contributed by atoms with Crippen LogP contribution in [0.4, 0.5) is 14.5 Å². The van der Waals surface area contributed by atoms with Crippen LogP contribution in [0, 0.1) is 11.6 Å². The van der Waals surface area contributed by atoms with Gasteiger partial charge in [0, 0.05) is 38.7 Å². The first-order valence-corrected chi connectivity index (χ1v) is 8.43. The third kappa shape index (κ3) is 4.46. The smallest absolute Gasteiger partial charge is 0.225 e. The molecule has 0 spiro atoms. The molecule has 6 nitrogen and oxygen atoms in total. The van der Waals surface area contributed by atoms with E-state index in [4.69, 9.17) is 0 Å². The van der Waals surface area contributed by atoms with Crippen LogP contribution in [-0.4, -0.2) is 50.6 Å². The zero-order chi connectivity index (χ0) is 16.2. The molecular weight excluding hydrogens is 316 g/mol. The lowest BCUT2D eigenvalue weighted by atomic mass is 10.3. The molecule has 1 aliphatic rings. The maximum absolute atomic E-state index is 13.4. The average Bonchev–Trinajstić information content (AvgIpc) is 2.49. The summed E-state index contributed by atoms with van der Waals surface area (Å²) >= 11 is 0. The van der Waals surface area contributed by atoms with Gasteiger partial charge in [-0.2, -0.15) is 4.31 Å². The molecule has 22 heavy (non-hydrogen) atoms. The van der Waals surface area contributed by atoms with Crippen LogP contribution in [0.25, 0.3) is 0 Å². The quantitative estimate of drug-likeness (QED) is 0.824. The number of hydrogen-bond acceptors (Lipinski definition) is 4. The number of sulfonamides is 1. The van der Waals surface area contributed by atoms with Crippen molar-refractivity contribution in [3.05, 3.63) is 29.8 Å². The number of rotatable bonds is 5. The van der Waals surface area contributed by atoms with Gasteiger partial charge in [0.1, 0.15) is 11.6 Å². The number of hydrogen-bond donors (Lipinski definition) is 2. The van der Waals surface area contributed by atoms with Crippen molar-refractivity contribution in [2.24, 2.45) is 0 Å². The maximum atomic E-state index is 13.4. The number of benzene rings is 1. The van der Waals surface area contributed by atoms with Crippen molar-refractivity contribution in [3.63, 3.8) is 0 Å². The summed E-state index contributed by atoms with van der Waals surface area (Å²) in [6.07, 6.45) is -0.289. The van der Waals surface area contributed by atoms with Crippen molar-refractivity contribution in [3.8, 4) is 0 Å². The molecule has 1 aliphatic heterocycles. The van der Waals surface area contributed by atoms with E-state index >= 15 is 0 Å². The Balaban J connectivity index is 1.89. The molecule has 0 aliphatic carbocycles. The predicted octanol–water partition coefficient (Wildman–Crippen LogP) is 0.528. The van der Waals surface area contributed by atoms with Crippen molar-refractivity contribution < 1.29 is 22.0 Å². The number of carbonyl (C=O) groups excluding carboxylic acids is 1. The van der Waals surface area contributed by atoms with E-state index < -0.39 is 27.6 Å². The lowest BCUT2D eigenvalue weighted by Crippen LogP contribution is -2.47. The molecule has 1 aromatic carbocycles. The number of carbonyl (C=O) groups is 1. The summed E-state index contributed by atoms with van der Waals surface area (Å²) in [6.45, 7) is 1.89. The van der Waals surface area contributed by atoms with Gasteiger partial charge in [0.2, 0.25) is 15.9 Å². The van der Waals surface area contributed by atoms with Crippen LogP contribution in [0.5, 0.6) is 0 Å². The van der Waals surface area contributed by atoms with E-state index in [1.54, 1.807) is 0 Å². The van der Waals surface area contributed by atoms with E-state index in [0.717, 1.165) is 12.1 Å². The molecule has 0 aromatic heterocycles. The van der Waals surface area contributed by atoms with Crippen molar-refractivity contribution in [1.29, 1.82) is 0 Å². The maximum Gasteiger partial charge on any atom is 0.225 e. The van der Waals surface area contributed by atoms with Gasteiger partial charge in [-0.25, -0.2) is 17.2 Å². The number of halogens is 2. The zero-order valence-corrected chi connectivity index (χ0v) is 12.6. The minimum Gasteiger partial charge on any atom is -0.324 e. The van der Waals surface area contributed by atoms with E-state index in [1.165, 1.54) is 4.31 Å². The van der Waals surface area contributed by atoms with Gasteiger partial charge in [0.25, 0.3) is 0 Å². The van der Waals surface area contributed by atoms with Crippen LogP contribution in [0.2, 0.25) is 0 Å². The monoisotopic (exact) mass is 333 g/mol. The van der Waals surface area contributed by atoms with E-state index in [2.05, 4.69) is 10.6 Å². The van der Waals surface area contributed by atoms with Crippen LogP contribution in [-0.2, 0) is 14.8 Å². The van der Waals surface area contributed by atoms with Gasteiger partial charge in [0.05, 0.1) is 11.4 Å². The van der Waals surface area contributed by atoms with Crippen LogP contribution in [0.1, 0.15) is 6.42 Å². The Hall–Kier alpha value is -1.58. The highest BCUT2D eigenvalue weighted by atomic mass is 32.2. The third-order valence-electron chi connectivity index (χ3n) is 3.26. The zero-order valence-electron chi connectivity index (χ0n) is 11.8. The molecule has 1 saturated heterocycles. The van der Waals surface area contributed by atoms with Crippen LogP contribution >= 0.6 is 0 Å². The molecule has 0 saturated carbocycles. The van der Waals surface area contributed by atoms with E-state index in [1.807, 2.05) is 0 Å². The lowest BCUT2D eigenvalue weighted by molar-refractivity contribution is -0.115. The Morgan fingerprint density at radius 2 is 1.95 bits per heavy atom. The Labute approximate surface area is 127 Å². The molecule has 2 N–H and O–H groups in total. The molecule has 1 amide bonds. The first-order valence-electron chi connectivity index (χ1n) is 6.82. The third-order valence-corrected chi connectivity index (χ3v) is 5.13. The molecule has 0 radical (unpaired) electrons. The van der Waals surface area contributed by atoms with Gasteiger partial charge < -0.3 is 10.6 Å². The Morgan fingerprint density at radius 3 is 2.59 bits per heavy atom. The Kier molecular flexibility index (Phi) is 5.43. The second-order valence-corrected chi connectivity index (χ2v) is 6.98. The van der Waals surface area contributed by atoms with Crippen LogP contribution < -0.4 is 10.6 Å². The second-order valence-electron chi connectivity index (χ2n) is 4.89. The minimum absolute atomic E-state index is 0.175. The van der Waals surface area contributed by atoms with Gasteiger partial charge in [-0.3, -0.25) is 4.79 Å². The second kappa shape index (κ2) is 7.12. The van der Waals surface area contributed by atoms with E-state index in [0.29, 0.717) is 32.2 Å². The van der Waals surface area contributed by atoms with Crippen molar-refractivity contribution >= 4 is 21.6 Å². The molecule has 1 aromatic rings. The van der Waals surface area contributed by atoms with Gasteiger partial charge >= 0.3 is 0 Å². The fourth-order valence-electron chi connectivity index (χ4n) is 2.08. The SMILES string of the molecule is O=C(CCS(=O)(=O)N1CCNCC1)Nc1ccc(F)cc1F. The largest absolute Gasteiger partial charge is 0.324 e. The summed E-state index contributed by atoms with van der Waals surface area (Å²) < 4.78 is 51.6. The number of amides is 1. The first-order chi connectivity index (χ1) is 10.4. The van der Waals surface area contributed by atoms with Gasteiger partial charge in [-0.1, -0.05) is 0 Å². The number of piperazine rings is 1. The summed E-state index contributed by atoms with van der Waals surface area (Å²) in [5.74, 6) is -2.64. The van der Waals surface area contributed by atoms with Crippen molar-refractivity contribution in [2.75, 3.05) is 37.2 Å². The van der Waals surface area contributed by atoms with Gasteiger partial charge in [-0.05, 0) is 12.1 Å². The number of nitrogens with one attached hydrogen (secondary N) is 2. The summed E-state index contributed by atoms with van der Waals surface area (Å²) in [5, 5.41) is 5.27. The van der Waals surface area contributed by atoms with E-state index in [-0.39, 0.29) is 17.9 Å².